The summed E-state index contributed by atoms with van der Waals surface area (Å²) in [7, 11) is 0. The van der Waals surface area contributed by atoms with Crippen LogP contribution in [-0.2, 0) is 38.3 Å². The number of carbonyl (C=O) groups excluding carboxylic acids is 2. The van der Waals surface area contributed by atoms with E-state index in [4.69, 9.17) is 4.74 Å². The fourth-order valence-electron chi connectivity index (χ4n) is 3.17. The third-order valence-corrected chi connectivity index (χ3v) is 4.88. The second-order valence-electron chi connectivity index (χ2n) is 7.56. The van der Waals surface area contributed by atoms with Gasteiger partial charge in [0.05, 0.1) is 13.0 Å². The van der Waals surface area contributed by atoms with Gasteiger partial charge in [-0.1, -0.05) is 6.07 Å². The lowest BCUT2D eigenvalue weighted by Crippen LogP contribution is -2.43. The van der Waals surface area contributed by atoms with Crippen molar-refractivity contribution in [2.75, 3.05) is 6.61 Å². The number of nitrogens with zero attached hydrogens (tertiary/aromatic N) is 1. The molecule has 0 N–H and O–H groups in total. The fourth-order valence-corrected chi connectivity index (χ4v) is 3.17. The molecule has 0 fully saturated rings. The molecule has 0 aromatic carbocycles. The lowest BCUT2D eigenvalue weighted by molar-refractivity contribution is -0.257. The van der Waals surface area contributed by atoms with Gasteiger partial charge in [0, 0.05) is 18.3 Å². The molecule has 1 aromatic rings. The molecule has 0 spiro atoms. The maximum atomic E-state index is 12.8. The number of aromatic nitrogens is 1. The van der Waals surface area contributed by atoms with Gasteiger partial charge >= 0.3 is 18.1 Å². The molecular formula is C20H26F3NO4. The standard InChI is InChI=1S/C20H26F3NO4/c1-4-27-17(25)8-6-13-5-7-15-9-14(12-24-16(15)10-13)11-18(26)28-19(2,3)20(21,22)23/h9,12-13H,4-8,10-11H2,1-3H3/t13-/m1/s1. The van der Waals surface area contributed by atoms with E-state index in [0.29, 0.717) is 24.5 Å². The molecule has 8 heteroatoms. The molecule has 1 aliphatic carbocycles. The van der Waals surface area contributed by atoms with Crippen LogP contribution in [0.2, 0.25) is 0 Å². The van der Waals surface area contributed by atoms with Gasteiger partial charge in [0.1, 0.15) is 0 Å². The first kappa shape index (κ1) is 22.2. The molecule has 0 unspecified atom stereocenters. The van der Waals surface area contributed by atoms with E-state index in [9.17, 15) is 22.8 Å². The van der Waals surface area contributed by atoms with Crippen molar-refractivity contribution >= 4 is 11.9 Å². The van der Waals surface area contributed by atoms with E-state index in [1.165, 1.54) is 6.20 Å². The highest BCUT2D eigenvalue weighted by Gasteiger charge is 2.50. The van der Waals surface area contributed by atoms with Gasteiger partial charge in [0.2, 0.25) is 5.60 Å². The van der Waals surface area contributed by atoms with Gasteiger partial charge in [-0.05, 0) is 63.5 Å². The van der Waals surface area contributed by atoms with Crippen LogP contribution in [0.25, 0.3) is 0 Å². The van der Waals surface area contributed by atoms with Crippen molar-refractivity contribution in [1.82, 2.24) is 4.98 Å². The first-order valence-corrected chi connectivity index (χ1v) is 9.42. The monoisotopic (exact) mass is 401 g/mol. The Balaban J connectivity index is 1.93. The van der Waals surface area contributed by atoms with Crippen molar-refractivity contribution < 1.29 is 32.2 Å². The molecule has 0 radical (unpaired) electrons. The fraction of sp³-hybridized carbons (Fsp3) is 0.650. The lowest BCUT2D eigenvalue weighted by atomic mass is 9.83. The Morgan fingerprint density at radius 2 is 1.96 bits per heavy atom. The zero-order chi connectivity index (χ0) is 20.9. The number of hydrogen-bond donors (Lipinski definition) is 0. The van der Waals surface area contributed by atoms with Crippen molar-refractivity contribution in [2.45, 2.75) is 71.1 Å². The Kier molecular flexibility index (Phi) is 7.06. The predicted molar refractivity (Wildman–Crippen MR) is 95.5 cm³/mol. The summed E-state index contributed by atoms with van der Waals surface area (Å²) in [6.45, 7) is 3.80. The van der Waals surface area contributed by atoms with Gasteiger partial charge in [-0.15, -0.1) is 0 Å². The number of alkyl halides is 3. The van der Waals surface area contributed by atoms with Gasteiger partial charge in [-0.3, -0.25) is 14.6 Å². The third-order valence-electron chi connectivity index (χ3n) is 4.88. The molecule has 28 heavy (non-hydrogen) atoms. The SMILES string of the molecule is CCOC(=O)CC[C@H]1CCc2cc(CC(=O)OC(C)(C)C(F)(F)F)cnc2C1. The first-order chi connectivity index (χ1) is 13.0. The van der Waals surface area contributed by atoms with Crippen LogP contribution >= 0.6 is 0 Å². The molecular weight excluding hydrogens is 375 g/mol. The van der Waals surface area contributed by atoms with Gasteiger partial charge in [0.15, 0.2) is 0 Å². The summed E-state index contributed by atoms with van der Waals surface area (Å²) in [6, 6.07) is 1.81. The van der Waals surface area contributed by atoms with Crippen molar-refractivity contribution in [1.29, 1.82) is 0 Å². The van der Waals surface area contributed by atoms with E-state index in [2.05, 4.69) is 9.72 Å². The number of pyridine rings is 1. The van der Waals surface area contributed by atoms with Crippen LogP contribution in [0, 0.1) is 5.92 Å². The van der Waals surface area contributed by atoms with Crippen LogP contribution < -0.4 is 0 Å². The van der Waals surface area contributed by atoms with Gasteiger partial charge < -0.3 is 9.47 Å². The van der Waals surface area contributed by atoms with Crippen LogP contribution in [0.5, 0.6) is 0 Å². The molecule has 1 aliphatic rings. The number of carbonyl (C=O) groups is 2. The average molecular weight is 401 g/mol. The van der Waals surface area contributed by atoms with E-state index in [1.807, 2.05) is 6.07 Å². The van der Waals surface area contributed by atoms with Crippen molar-refractivity contribution in [3.8, 4) is 0 Å². The molecule has 1 heterocycles. The number of fused-ring (bicyclic) bond motifs is 1. The zero-order valence-electron chi connectivity index (χ0n) is 16.4. The Hall–Kier alpha value is -2.12. The van der Waals surface area contributed by atoms with E-state index in [0.717, 1.165) is 50.8 Å². The van der Waals surface area contributed by atoms with E-state index >= 15 is 0 Å². The second kappa shape index (κ2) is 8.92. The minimum Gasteiger partial charge on any atom is -0.466 e. The number of hydrogen-bond acceptors (Lipinski definition) is 5. The minimum atomic E-state index is -4.63. The van der Waals surface area contributed by atoms with Gasteiger partial charge in [-0.25, -0.2) is 0 Å². The summed E-state index contributed by atoms with van der Waals surface area (Å²) in [6.07, 6.45) is 0.125. The summed E-state index contributed by atoms with van der Waals surface area (Å²) in [5, 5.41) is 0. The molecule has 0 aliphatic heterocycles. The normalized spacial score (nSPS) is 17.0. The van der Waals surface area contributed by atoms with Crippen LogP contribution in [-0.4, -0.2) is 35.3 Å². The maximum absolute atomic E-state index is 12.8. The van der Waals surface area contributed by atoms with E-state index < -0.39 is 17.7 Å². The van der Waals surface area contributed by atoms with E-state index in [-0.39, 0.29) is 12.4 Å². The van der Waals surface area contributed by atoms with Crippen molar-refractivity contribution in [2.24, 2.45) is 5.92 Å². The number of ether oxygens (including phenoxy) is 2. The number of esters is 2. The van der Waals surface area contributed by atoms with Crippen LogP contribution in [0.15, 0.2) is 12.3 Å². The number of halogens is 3. The summed E-state index contributed by atoms with van der Waals surface area (Å²) in [5.74, 6) is -0.795. The summed E-state index contributed by atoms with van der Waals surface area (Å²) in [5.41, 5.74) is -0.0926. The molecule has 2 rings (SSSR count). The maximum Gasteiger partial charge on any atom is 0.427 e. The Morgan fingerprint density at radius 1 is 1.25 bits per heavy atom. The Labute approximate surface area is 162 Å². The quantitative estimate of drug-likeness (QED) is 0.647. The Morgan fingerprint density at radius 3 is 2.61 bits per heavy atom. The van der Waals surface area contributed by atoms with Crippen LogP contribution in [0.4, 0.5) is 13.2 Å². The molecule has 0 amide bonds. The predicted octanol–water partition coefficient (Wildman–Crippen LogP) is 3.96. The summed E-state index contributed by atoms with van der Waals surface area (Å²) in [4.78, 5) is 27.8. The summed E-state index contributed by atoms with van der Waals surface area (Å²) < 4.78 is 48.0. The number of aryl methyl sites for hydroxylation is 1. The Bertz CT molecular complexity index is 716. The molecule has 0 bridgehead atoms. The van der Waals surface area contributed by atoms with E-state index in [1.54, 1.807) is 6.92 Å². The molecule has 0 saturated heterocycles. The highest BCUT2D eigenvalue weighted by atomic mass is 19.4. The molecule has 1 aromatic heterocycles. The van der Waals surface area contributed by atoms with Gasteiger partial charge in [0.25, 0.3) is 0 Å². The lowest BCUT2D eigenvalue weighted by Gasteiger charge is -2.27. The highest BCUT2D eigenvalue weighted by Crippen LogP contribution is 2.33. The second-order valence-corrected chi connectivity index (χ2v) is 7.56. The molecule has 5 nitrogen and oxygen atoms in total. The minimum absolute atomic E-state index is 0.197. The zero-order valence-corrected chi connectivity index (χ0v) is 16.4. The van der Waals surface area contributed by atoms with Crippen LogP contribution in [0.1, 0.15) is 56.9 Å². The summed E-state index contributed by atoms with van der Waals surface area (Å²) >= 11 is 0. The third kappa shape index (κ3) is 5.94. The number of rotatable bonds is 7. The largest absolute Gasteiger partial charge is 0.466 e. The van der Waals surface area contributed by atoms with Crippen molar-refractivity contribution in [3.63, 3.8) is 0 Å². The average Bonchev–Trinajstić information content (AvgIpc) is 2.58. The topological polar surface area (TPSA) is 65.5 Å². The molecule has 1 atom stereocenters. The molecule has 0 saturated carbocycles. The van der Waals surface area contributed by atoms with Crippen molar-refractivity contribution in [3.05, 3.63) is 29.1 Å². The van der Waals surface area contributed by atoms with Crippen LogP contribution in [0.3, 0.4) is 0 Å². The smallest absolute Gasteiger partial charge is 0.427 e. The van der Waals surface area contributed by atoms with Gasteiger partial charge in [-0.2, -0.15) is 13.2 Å². The first-order valence-electron chi connectivity index (χ1n) is 9.42. The highest BCUT2D eigenvalue weighted by molar-refractivity contribution is 5.73. The molecule has 156 valence electrons.